The molecule has 0 saturated heterocycles. The molecule has 0 unspecified atom stereocenters. The van der Waals surface area contributed by atoms with E-state index in [9.17, 15) is 4.79 Å². The number of benzene rings is 1. The lowest BCUT2D eigenvalue weighted by Crippen LogP contribution is -2.05. The number of rotatable bonds is 6. The van der Waals surface area contributed by atoms with E-state index < -0.39 is 0 Å². The van der Waals surface area contributed by atoms with E-state index in [1.54, 1.807) is 7.11 Å². The van der Waals surface area contributed by atoms with Crippen LogP contribution in [-0.4, -0.2) is 26.6 Å². The molecule has 0 saturated carbocycles. The first kappa shape index (κ1) is 12.7. The predicted molar refractivity (Wildman–Crippen MR) is 63.1 cm³/mol. The molecule has 88 valence electrons. The summed E-state index contributed by atoms with van der Waals surface area (Å²) in [6.07, 6.45) is 1.40. The summed E-state index contributed by atoms with van der Waals surface area (Å²) in [5, 5.41) is 0. The topological polar surface area (TPSA) is 35.5 Å². The Hall–Kier alpha value is -1.35. The molecule has 0 heterocycles. The molecule has 0 amide bonds. The van der Waals surface area contributed by atoms with Crippen molar-refractivity contribution in [3.8, 4) is 5.75 Å². The zero-order chi connectivity index (χ0) is 12.0. The van der Waals surface area contributed by atoms with Gasteiger partial charge in [0.25, 0.3) is 0 Å². The number of ether oxygens (including phenoxy) is 2. The van der Waals surface area contributed by atoms with Gasteiger partial charge in [-0.05, 0) is 42.7 Å². The zero-order valence-electron chi connectivity index (χ0n) is 10.1. The highest BCUT2D eigenvalue weighted by Crippen LogP contribution is 2.21. The molecular formula is C13H18O3. The Labute approximate surface area is 96.4 Å². The van der Waals surface area contributed by atoms with Gasteiger partial charge in [0.15, 0.2) is 0 Å². The van der Waals surface area contributed by atoms with Crippen molar-refractivity contribution in [2.45, 2.75) is 20.3 Å². The molecule has 0 bridgehead atoms. The number of hydrogen-bond acceptors (Lipinski definition) is 3. The van der Waals surface area contributed by atoms with Crippen LogP contribution in [0.1, 0.15) is 16.7 Å². The molecule has 0 aromatic heterocycles. The second kappa shape index (κ2) is 6.28. The summed E-state index contributed by atoms with van der Waals surface area (Å²) in [5.41, 5.74) is 3.29. The number of methoxy groups -OCH3 is 1. The predicted octanol–water partition coefficient (Wildman–Crippen LogP) is 2.07. The van der Waals surface area contributed by atoms with Crippen LogP contribution in [0.5, 0.6) is 5.75 Å². The number of carbonyl (C=O) groups is 1. The Morgan fingerprint density at radius 1 is 1.19 bits per heavy atom. The monoisotopic (exact) mass is 222 g/mol. The maximum atomic E-state index is 10.5. The minimum Gasteiger partial charge on any atom is -0.491 e. The molecule has 0 spiro atoms. The van der Waals surface area contributed by atoms with E-state index >= 15 is 0 Å². The molecule has 3 nitrogen and oxygen atoms in total. The van der Waals surface area contributed by atoms with Crippen LogP contribution in [0.15, 0.2) is 12.1 Å². The van der Waals surface area contributed by atoms with Crippen LogP contribution < -0.4 is 4.74 Å². The van der Waals surface area contributed by atoms with E-state index in [-0.39, 0.29) is 0 Å². The van der Waals surface area contributed by atoms with Crippen LogP contribution in [0, 0.1) is 13.8 Å². The fraction of sp³-hybridized carbons (Fsp3) is 0.462. The third kappa shape index (κ3) is 3.35. The lowest BCUT2D eigenvalue weighted by Gasteiger charge is -2.11. The Balaban J connectivity index is 2.78. The smallest absolute Gasteiger partial charge is 0.124 e. The normalized spacial score (nSPS) is 10.2. The fourth-order valence-electron chi connectivity index (χ4n) is 1.69. The van der Waals surface area contributed by atoms with Crippen molar-refractivity contribution in [3.05, 3.63) is 28.8 Å². The van der Waals surface area contributed by atoms with E-state index in [1.807, 2.05) is 26.0 Å². The molecule has 1 rings (SSSR count). The van der Waals surface area contributed by atoms with Gasteiger partial charge in [-0.1, -0.05) is 0 Å². The van der Waals surface area contributed by atoms with Gasteiger partial charge in [0.1, 0.15) is 18.6 Å². The zero-order valence-corrected chi connectivity index (χ0v) is 10.1. The molecule has 3 heteroatoms. The third-order valence-corrected chi connectivity index (χ3v) is 2.51. The van der Waals surface area contributed by atoms with Crippen molar-refractivity contribution in [2.75, 3.05) is 20.3 Å². The number of aryl methyl sites for hydroxylation is 2. The fourth-order valence-corrected chi connectivity index (χ4v) is 1.69. The molecule has 16 heavy (non-hydrogen) atoms. The largest absolute Gasteiger partial charge is 0.491 e. The molecule has 0 aliphatic rings. The van der Waals surface area contributed by atoms with Crippen molar-refractivity contribution < 1.29 is 14.3 Å². The van der Waals surface area contributed by atoms with Gasteiger partial charge >= 0.3 is 0 Å². The maximum Gasteiger partial charge on any atom is 0.124 e. The lowest BCUT2D eigenvalue weighted by atomic mass is 10.0. The van der Waals surface area contributed by atoms with Gasteiger partial charge in [-0.2, -0.15) is 0 Å². The minimum absolute atomic E-state index is 0.468. The Kier molecular flexibility index (Phi) is 4.99. The van der Waals surface area contributed by atoms with E-state index in [0.29, 0.717) is 19.6 Å². The number of aldehydes is 1. The van der Waals surface area contributed by atoms with Crippen LogP contribution in [-0.2, 0) is 16.0 Å². The molecule has 1 aromatic rings. The number of hydrogen-bond donors (Lipinski definition) is 0. The first-order valence-corrected chi connectivity index (χ1v) is 5.34. The quantitative estimate of drug-likeness (QED) is 0.546. The van der Waals surface area contributed by atoms with Crippen molar-refractivity contribution in [3.63, 3.8) is 0 Å². The molecule has 0 aliphatic carbocycles. The highest BCUT2D eigenvalue weighted by molar-refractivity contribution is 5.58. The lowest BCUT2D eigenvalue weighted by molar-refractivity contribution is -0.107. The van der Waals surface area contributed by atoms with Gasteiger partial charge < -0.3 is 14.3 Å². The third-order valence-electron chi connectivity index (χ3n) is 2.51. The minimum atomic E-state index is 0.468. The van der Waals surface area contributed by atoms with E-state index in [2.05, 4.69) is 0 Å². The first-order chi connectivity index (χ1) is 7.69. The van der Waals surface area contributed by atoms with Crippen LogP contribution >= 0.6 is 0 Å². The molecule has 0 N–H and O–H groups in total. The van der Waals surface area contributed by atoms with Gasteiger partial charge in [-0.15, -0.1) is 0 Å². The molecule has 0 atom stereocenters. The van der Waals surface area contributed by atoms with E-state index in [1.165, 1.54) is 0 Å². The van der Waals surface area contributed by atoms with Crippen LogP contribution in [0.4, 0.5) is 0 Å². The van der Waals surface area contributed by atoms with Gasteiger partial charge in [-0.3, -0.25) is 0 Å². The summed E-state index contributed by atoms with van der Waals surface area (Å²) >= 11 is 0. The highest BCUT2D eigenvalue weighted by atomic mass is 16.5. The van der Waals surface area contributed by atoms with Gasteiger partial charge in [0.2, 0.25) is 0 Å². The molecule has 0 aliphatic heterocycles. The summed E-state index contributed by atoms with van der Waals surface area (Å²) < 4.78 is 10.4. The Morgan fingerprint density at radius 3 is 2.31 bits per heavy atom. The molecule has 1 aromatic carbocycles. The van der Waals surface area contributed by atoms with Crippen LogP contribution in [0.25, 0.3) is 0 Å². The van der Waals surface area contributed by atoms with E-state index in [0.717, 1.165) is 28.7 Å². The van der Waals surface area contributed by atoms with Gasteiger partial charge in [-0.25, -0.2) is 0 Å². The van der Waals surface area contributed by atoms with Gasteiger partial charge in [0.05, 0.1) is 6.61 Å². The number of carbonyl (C=O) groups excluding carboxylic acids is 1. The first-order valence-electron chi connectivity index (χ1n) is 5.34. The second-order valence-corrected chi connectivity index (χ2v) is 3.75. The van der Waals surface area contributed by atoms with Crippen molar-refractivity contribution in [1.29, 1.82) is 0 Å². The van der Waals surface area contributed by atoms with Crippen LogP contribution in [0.3, 0.4) is 0 Å². The molecule has 0 fully saturated rings. The van der Waals surface area contributed by atoms with Crippen molar-refractivity contribution in [2.24, 2.45) is 0 Å². The average Bonchev–Trinajstić information content (AvgIpc) is 2.24. The molecular weight excluding hydrogens is 204 g/mol. The molecule has 0 radical (unpaired) electrons. The Morgan fingerprint density at radius 2 is 1.81 bits per heavy atom. The summed E-state index contributed by atoms with van der Waals surface area (Å²) in [6.45, 7) is 5.11. The summed E-state index contributed by atoms with van der Waals surface area (Å²) in [4.78, 5) is 10.5. The second-order valence-electron chi connectivity index (χ2n) is 3.75. The van der Waals surface area contributed by atoms with Crippen molar-refractivity contribution >= 4 is 6.29 Å². The SMILES string of the molecule is COCCOc1cc(C)c(CC=O)c(C)c1. The standard InChI is InChI=1S/C13H18O3/c1-10-8-12(16-7-6-15-3)9-11(2)13(10)4-5-14/h5,8-9H,4,6-7H2,1-3H3. The summed E-state index contributed by atoms with van der Waals surface area (Å²) in [6, 6.07) is 3.92. The van der Waals surface area contributed by atoms with E-state index in [4.69, 9.17) is 9.47 Å². The maximum absolute atomic E-state index is 10.5. The highest BCUT2D eigenvalue weighted by Gasteiger charge is 2.05. The van der Waals surface area contributed by atoms with Crippen molar-refractivity contribution in [1.82, 2.24) is 0 Å². The van der Waals surface area contributed by atoms with Crippen LogP contribution in [0.2, 0.25) is 0 Å². The van der Waals surface area contributed by atoms with Gasteiger partial charge in [0, 0.05) is 13.5 Å². The summed E-state index contributed by atoms with van der Waals surface area (Å²) in [7, 11) is 1.65. The average molecular weight is 222 g/mol. The Bertz CT molecular complexity index is 335. The summed E-state index contributed by atoms with van der Waals surface area (Å²) in [5.74, 6) is 0.835.